The van der Waals surface area contributed by atoms with Crippen molar-refractivity contribution in [3.05, 3.63) is 93.5 Å². The summed E-state index contributed by atoms with van der Waals surface area (Å²) in [6.07, 6.45) is 4.60. The van der Waals surface area contributed by atoms with Crippen LogP contribution in [-0.4, -0.2) is 15.5 Å². The summed E-state index contributed by atoms with van der Waals surface area (Å²) in [4.78, 5) is 30.4. The first-order chi connectivity index (χ1) is 15.5. The average molecular weight is 433 g/mol. The van der Waals surface area contributed by atoms with Gasteiger partial charge in [-0.25, -0.2) is 9.37 Å². The molecule has 4 aromatic rings. The molecule has 0 bridgehead atoms. The maximum atomic E-state index is 13.2. The van der Waals surface area contributed by atoms with Gasteiger partial charge in [-0.05, 0) is 55.2 Å². The number of benzene rings is 2. The zero-order chi connectivity index (χ0) is 22.7. The van der Waals surface area contributed by atoms with Crippen molar-refractivity contribution in [3.63, 3.8) is 0 Å². The third-order valence-electron chi connectivity index (χ3n) is 5.38. The van der Waals surface area contributed by atoms with E-state index in [1.54, 1.807) is 19.1 Å². The van der Waals surface area contributed by atoms with Gasteiger partial charge in [0.15, 0.2) is 0 Å². The number of nitrogens with one attached hydrogen (secondary N) is 1. The Morgan fingerprint density at radius 3 is 2.47 bits per heavy atom. The van der Waals surface area contributed by atoms with Crippen molar-refractivity contribution in [2.24, 2.45) is 0 Å². The molecular formula is C25H24FN3O3. The number of nitrogens with zero attached hydrogens (tertiary/aromatic N) is 2. The molecule has 4 rings (SSSR count). The van der Waals surface area contributed by atoms with Crippen LogP contribution in [0.1, 0.15) is 47.0 Å². The minimum Gasteiger partial charge on any atom is -0.442 e. The molecule has 164 valence electrons. The fraction of sp³-hybridized carbons (Fsp3) is 0.240. The zero-order valence-electron chi connectivity index (χ0n) is 18.0. The molecule has 0 aliphatic rings. The van der Waals surface area contributed by atoms with Gasteiger partial charge in [0, 0.05) is 5.69 Å². The van der Waals surface area contributed by atoms with Crippen LogP contribution in [0.25, 0.3) is 11.1 Å². The number of carbonyl (C=O) groups excluding carboxylic acids is 1. The summed E-state index contributed by atoms with van der Waals surface area (Å²) in [6, 6.07) is 13.6. The molecule has 0 radical (unpaired) electrons. The molecule has 0 fully saturated rings. The van der Waals surface area contributed by atoms with Crippen molar-refractivity contribution >= 4 is 22.7 Å². The summed E-state index contributed by atoms with van der Waals surface area (Å²) in [6.45, 7) is 3.98. The fourth-order valence-electron chi connectivity index (χ4n) is 3.64. The Morgan fingerprint density at radius 2 is 1.78 bits per heavy atom. The minimum absolute atomic E-state index is 0.114. The van der Waals surface area contributed by atoms with E-state index >= 15 is 0 Å². The van der Waals surface area contributed by atoms with Gasteiger partial charge in [0.1, 0.15) is 23.3 Å². The second kappa shape index (κ2) is 9.18. The molecule has 1 amide bonds. The highest BCUT2D eigenvalue weighted by atomic mass is 19.1. The largest absolute Gasteiger partial charge is 0.442 e. The lowest BCUT2D eigenvalue weighted by Gasteiger charge is -2.07. The van der Waals surface area contributed by atoms with Crippen molar-refractivity contribution in [1.82, 2.24) is 9.55 Å². The molecule has 0 spiro atoms. The first kappa shape index (κ1) is 21.5. The maximum absolute atomic E-state index is 13.2. The molecule has 0 aliphatic carbocycles. The summed E-state index contributed by atoms with van der Waals surface area (Å²) in [5, 5.41) is 2.98. The summed E-state index contributed by atoms with van der Waals surface area (Å²) < 4.78 is 20.1. The molecular weight excluding hydrogens is 409 g/mol. The van der Waals surface area contributed by atoms with Crippen molar-refractivity contribution in [2.75, 3.05) is 5.32 Å². The predicted molar refractivity (Wildman–Crippen MR) is 122 cm³/mol. The standard InChI is InChI=1S/C25H24FN3O3/c1-3-4-5-17-8-12-20(13-9-17)28-23(30)21-16(2)32-24-22(21)25(31)29(15-27-24)14-18-6-10-19(26)11-7-18/h6-13,15H,3-5,14H2,1-2H3,(H,28,30). The number of fused-ring (bicyclic) bond motifs is 1. The number of furan rings is 1. The van der Waals surface area contributed by atoms with Crippen molar-refractivity contribution in [1.29, 1.82) is 0 Å². The Balaban J connectivity index is 1.63. The van der Waals surface area contributed by atoms with Gasteiger partial charge in [0.25, 0.3) is 11.5 Å². The zero-order valence-corrected chi connectivity index (χ0v) is 18.0. The Labute approximate surface area is 184 Å². The second-order valence-corrected chi connectivity index (χ2v) is 7.77. The first-order valence-electron chi connectivity index (χ1n) is 10.6. The van der Waals surface area contributed by atoms with Crippen molar-refractivity contribution < 1.29 is 13.6 Å². The van der Waals surface area contributed by atoms with Crippen LogP contribution in [0.3, 0.4) is 0 Å². The van der Waals surface area contributed by atoms with Crippen LogP contribution in [-0.2, 0) is 13.0 Å². The molecule has 0 saturated heterocycles. The van der Waals surface area contributed by atoms with Crippen LogP contribution in [0.4, 0.5) is 10.1 Å². The lowest BCUT2D eigenvalue weighted by Crippen LogP contribution is -2.23. The molecule has 0 atom stereocenters. The number of rotatable bonds is 7. The summed E-state index contributed by atoms with van der Waals surface area (Å²) in [7, 11) is 0. The van der Waals surface area contributed by atoms with E-state index in [1.807, 2.05) is 24.3 Å². The number of amides is 1. The molecule has 2 aromatic heterocycles. The lowest BCUT2D eigenvalue weighted by molar-refractivity contribution is 0.102. The molecule has 7 heteroatoms. The fourth-order valence-corrected chi connectivity index (χ4v) is 3.64. The number of hydrogen-bond acceptors (Lipinski definition) is 4. The predicted octanol–water partition coefficient (Wildman–Crippen LogP) is 5.08. The van der Waals surface area contributed by atoms with Crippen LogP contribution in [0.2, 0.25) is 0 Å². The van der Waals surface area contributed by atoms with E-state index in [0.717, 1.165) is 24.8 Å². The van der Waals surface area contributed by atoms with Crippen LogP contribution < -0.4 is 10.9 Å². The molecule has 0 saturated carbocycles. The molecule has 6 nitrogen and oxygen atoms in total. The Hall–Kier alpha value is -3.74. The molecule has 0 unspecified atom stereocenters. The van der Waals surface area contributed by atoms with E-state index in [2.05, 4.69) is 17.2 Å². The lowest BCUT2D eigenvalue weighted by atomic mass is 10.1. The molecule has 2 aromatic carbocycles. The highest BCUT2D eigenvalue weighted by molar-refractivity contribution is 6.12. The van der Waals surface area contributed by atoms with E-state index in [0.29, 0.717) is 11.4 Å². The van der Waals surface area contributed by atoms with Crippen molar-refractivity contribution in [2.45, 2.75) is 39.7 Å². The van der Waals surface area contributed by atoms with Gasteiger partial charge in [-0.3, -0.25) is 14.2 Å². The quantitative estimate of drug-likeness (QED) is 0.441. The number of halogens is 1. The summed E-state index contributed by atoms with van der Waals surface area (Å²) in [5.74, 6) is -0.459. The van der Waals surface area contributed by atoms with Gasteiger partial charge in [-0.1, -0.05) is 37.6 Å². The molecule has 1 N–H and O–H groups in total. The first-order valence-corrected chi connectivity index (χ1v) is 10.6. The van der Waals surface area contributed by atoms with Crippen molar-refractivity contribution in [3.8, 4) is 0 Å². The van der Waals surface area contributed by atoms with Crippen LogP contribution in [0.5, 0.6) is 0 Å². The molecule has 32 heavy (non-hydrogen) atoms. The SMILES string of the molecule is CCCCc1ccc(NC(=O)c2c(C)oc3ncn(Cc4ccc(F)cc4)c(=O)c23)cc1. The van der Waals surface area contributed by atoms with E-state index in [-0.39, 0.29) is 29.0 Å². The average Bonchev–Trinajstić information content (AvgIpc) is 3.13. The molecule has 0 aliphatic heterocycles. The Morgan fingerprint density at radius 1 is 1.09 bits per heavy atom. The van der Waals surface area contributed by atoms with E-state index in [4.69, 9.17) is 4.42 Å². The highest BCUT2D eigenvalue weighted by Crippen LogP contribution is 2.23. The van der Waals surface area contributed by atoms with Crippen LogP contribution in [0, 0.1) is 12.7 Å². The van der Waals surface area contributed by atoms with Gasteiger partial charge < -0.3 is 9.73 Å². The van der Waals surface area contributed by atoms with Crippen LogP contribution in [0.15, 0.2) is 64.1 Å². The molecule has 2 heterocycles. The monoisotopic (exact) mass is 433 g/mol. The van der Waals surface area contributed by atoms with Crippen LogP contribution >= 0.6 is 0 Å². The number of hydrogen-bond donors (Lipinski definition) is 1. The third-order valence-corrected chi connectivity index (χ3v) is 5.38. The van der Waals surface area contributed by atoms with Gasteiger partial charge >= 0.3 is 0 Å². The number of unbranched alkanes of at least 4 members (excludes halogenated alkanes) is 1. The normalized spacial score (nSPS) is 11.1. The van der Waals surface area contributed by atoms with Gasteiger partial charge in [0.2, 0.25) is 5.71 Å². The van der Waals surface area contributed by atoms with E-state index in [1.165, 1.54) is 28.6 Å². The third kappa shape index (κ3) is 4.46. The number of aryl methyl sites for hydroxylation is 2. The maximum Gasteiger partial charge on any atom is 0.265 e. The topological polar surface area (TPSA) is 77.1 Å². The Bertz CT molecular complexity index is 1310. The Kier molecular flexibility index (Phi) is 6.16. The number of aromatic nitrogens is 2. The second-order valence-electron chi connectivity index (χ2n) is 7.77. The highest BCUT2D eigenvalue weighted by Gasteiger charge is 2.23. The van der Waals surface area contributed by atoms with Gasteiger partial charge in [0.05, 0.1) is 12.1 Å². The summed E-state index contributed by atoms with van der Waals surface area (Å²) >= 11 is 0. The van der Waals surface area contributed by atoms with E-state index in [9.17, 15) is 14.0 Å². The van der Waals surface area contributed by atoms with Gasteiger partial charge in [-0.15, -0.1) is 0 Å². The van der Waals surface area contributed by atoms with Gasteiger partial charge in [-0.2, -0.15) is 0 Å². The number of carbonyl (C=O) groups is 1. The van der Waals surface area contributed by atoms with E-state index < -0.39 is 11.5 Å². The smallest absolute Gasteiger partial charge is 0.265 e. The number of anilines is 1. The minimum atomic E-state index is -0.430. The summed E-state index contributed by atoms with van der Waals surface area (Å²) in [5.41, 5.74) is 2.48.